The third kappa shape index (κ3) is 2.09. The molecular weight excluding hydrogens is 260 g/mol. The lowest BCUT2D eigenvalue weighted by molar-refractivity contribution is -0.137. The van der Waals surface area contributed by atoms with Gasteiger partial charge in [-0.15, -0.1) is 0 Å². The molecule has 0 aromatic carbocycles. The summed E-state index contributed by atoms with van der Waals surface area (Å²) in [7, 11) is 0. The molecule has 3 heterocycles. The van der Waals surface area contributed by atoms with Gasteiger partial charge in [0, 0.05) is 12.2 Å². The van der Waals surface area contributed by atoms with Gasteiger partial charge in [-0.2, -0.15) is 0 Å². The molecular formula is C13H16N4O3. The van der Waals surface area contributed by atoms with Crippen LogP contribution in [-0.4, -0.2) is 38.3 Å². The summed E-state index contributed by atoms with van der Waals surface area (Å²) in [5, 5.41) is 12.2. The van der Waals surface area contributed by atoms with Gasteiger partial charge in [-0.05, 0) is 38.1 Å². The Balaban J connectivity index is 2.18. The zero-order valence-corrected chi connectivity index (χ0v) is 11.0. The Bertz CT molecular complexity index is 697. The van der Waals surface area contributed by atoms with E-state index in [0.29, 0.717) is 11.2 Å². The third-order valence-electron chi connectivity index (χ3n) is 3.69. The Morgan fingerprint density at radius 1 is 1.45 bits per heavy atom. The van der Waals surface area contributed by atoms with E-state index in [1.807, 2.05) is 0 Å². The molecule has 0 radical (unpaired) electrons. The molecule has 3 rings (SSSR count). The number of hydrogen-bond acceptors (Lipinski definition) is 4. The Hall–Kier alpha value is -2.15. The highest BCUT2D eigenvalue weighted by Crippen LogP contribution is 2.21. The van der Waals surface area contributed by atoms with E-state index in [-0.39, 0.29) is 18.3 Å². The number of carboxylic acid groups (broad SMARTS) is 1. The lowest BCUT2D eigenvalue weighted by atomic mass is 10.1. The molecule has 106 valence electrons. The average molecular weight is 276 g/mol. The van der Waals surface area contributed by atoms with Gasteiger partial charge in [0.1, 0.15) is 6.54 Å². The minimum absolute atomic E-state index is 0.0798. The van der Waals surface area contributed by atoms with Crippen molar-refractivity contribution in [2.24, 2.45) is 0 Å². The van der Waals surface area contributed by atoms with E-state index in [4.69, 9.17) is 5.11 Å². The van der Waals surface area contributed by atoms with Gasteiger partial charge in [-0.1, -0.05) is 0 Å². The highest BCUT2D eigenvalue weighted by Gasteiger charge is 2.23. The molecule has 0 amide bonds. The zero-order chi connectivity index (χ0) is 14.1. The Morgan fingerprint density at radius 3 is 2.90 bits per heavy atom. The minimum Gasteiger partial charge on any atom is -0.480 e. The number of fused-ring (bicyclic) bond motifs is 1. The first-order valence-corrected chi connectivity index (χ1v) is 6.67. The molecule has 7 nitrogen and oxygen atoms in total. The molecule has 20 heavy (non-hydrogen) atoms. The van der Waals surface area contributed by atoms with Crippen LogP contribution in [0.25, 0.3) is 11.2 Å². The average Bonchev–Trinajstić information content (AvgIpc) is 2.72. The molecule has 0 aliphatic carbocycles. The fraction of sp³-hybridized carbons (Fsp3) is 0.462. The van der Waals surface area contributed by atoms with Crippen LogP contribution in [0.2, 0.25) is 0 Å². The van der Waals surface area contributed by atoms with Crippen LogP contribution in [-0.2, 0) is 11.3 Å². The molecule has 1 aliphatic heterocycles. The maximum absolute atomic E-state index is 12.5. The second-order valence-electron chi connectivity index (χ2n) is 4.96. The third-order valence-corrected chi connectivity index (χ3v) is 3.69. The standard InChI is InChI=1S/C13H16N4O3/c18-11(19)8-16-10-2-1-5-15-12(10)17(13(16)20)9-3-6-14-7-4-9/h1-2,5,9,14H,3-4,6-8H2,(H,18,19). The topological polar surface area (TPSA) is 89.1 Å². The first-order chi connectivity index (χ1) is 9.68. The summed E-state index contributed by atoms with van der Waals surface area (Å²) in [4.78, 5) is 27.8. The predicted octanol–water partition coefficient (Wildman–Crippen LogP) is 0.207. The zero-order valence-electron chi connectivity index (χ0n) is 11.0. The van der Waals surface area contributed by atoms with Crippen molar-refractivity contribution in [2.75, 3.05) is 13.1 Å². The molecule has 1 aliphatic rings. The van der Waals surface area contributed by atoms with Crippen molar-refractivity contribution in [1.29, 1.82) is 0 Å². The van der Waals surface area contributed by atoms with Gasteiger partial charge in [-0.25, -0.2) is 9.78 Å². The van der Waals surface area contributed by atoms with Crippen LogP contribution in [0, 0.1) is 0 Å². The highest BCUT2D eigenvalue weighted by molar-refractivity contribution is 5.75. The van der Waals surface area contributed by atoms with Crippen molar-refractivity contribution < 1.29 is 9.90 Å². The first-order valence-electron chi connectivity index (χ1n) is 6.67. The number of imidazole rings is 1. The minimum atomic E-state index is -1.03. The van der Waals surface area contributed by atoms with Gasteiger partial charge in [0.05, 0.1) is 5.52 Å². The number of hydrogen-bond donors (Lipinski definition) is 2. The molecule has 2 N–H and O–H groups in total. The summed E-state index contributed by atoms with van der Waals surface area (Å²) in [6.07, 6.45) is 3.33. The number of nitrogens with one attached hydrogen (secondary N) is 1. The second kappa shape index (κ2) is 5.09. The molecule has 2 aromatic rings. The lowest BCUT2D eigenvalue weighted by Gasteiger charge is -2.23. The smallest absolute Gasteiger partial charge is 0.331 e. The normalized spacial score (nSPS) is 16.6. The van der Waals surface area contributed by atoms with Crippen molar-refractivity contribution in [3.05, 3.63) is 28.8 Å². The molecule has 0 unspecified atom stereocenters. The Morgan fingerprint density at radius 2 is 2.20 bits per heavy atom. The second-order valence-corrected chi connectivity index (χ2v) is 4.96. The van der Waals surface area contributed by atoms with E-state index in [1.165, 1.54) is 4.57 Å². The van der Waals surface area contributed by atoms with E-state index in [1.54, 1.807) is 22.9 Å². The Labute approximate surface area is 114 Å². The fourth-order valence-corrected chi connectivity index (χ4v) is 2.79. The maximum Gasteiger partial charge on any atom is 0.331 e. The van der Waals surface area contributed by atoms with Crippen LogP contribution in [0.1, 0.15) is 18.9 Å². The summed E-state index contributed by atoms with van der Waals surface area (Å²) in [5.74, 6) is -1.03. The number of aliphatic carboxylic acids is 1. The van der Waals surface area contributed by atoms with Gasteiger partial charge in [0.25, 0.3) is 0 Å². The number of carbonyl (C=O) groups is 1. The number of nitrogens with zero attached hydrogens (tertiary/aromatic N) is 3. The van der Waals surface area contributed by atoms with Crippen molar-refractivity contribution in [3.63, 3.8) is 0 Å². The number of pyridine rings is 1. The van der Waals surface area contributed by atoms with Crippen LogP contribution in [0.15, 0.2) is 23.1 Å². The number of piperidine rings is 1. The Kier molecular flexibility index (Phi) is 3.27. The molecule has 0 spiro atoms. The predicted molar refractivity (Wildman–Crippen MR) is 72.8 cm³/mol. The van der Waals surface area contributed by atoms with Crippen LogP contribution < -0.4 is 11.0 Å². The number of carboxylic acids is 1. The summed E-state index contributed by atoms with van der Waals surface area (Å²) >= 11 is 0. The summed E-state index contributed by atoms with van der Waals surface area (Å²) in [5.41, 5.74) is 0.872. The van der Waals surface area contributed by atoms with Crippen LogP contribution >= 0.6 is 0 Å². The number of rotatable bonds is 3. The molecule has 0 atom stereocenters. The molecule has 7 heteroatoms. The van der Waals surface area contributed by atoms with Crippen molar-refractivity contribution in [2.45, 2.75) is 25.4 Å². The maximum atomic E-state index is 12.5. The summed E-state index contributed by atoms with van der Waals surface area (Å²) in [6, 6.07) is 3.54. The highest BCUT2D eigenvalue weighted by atomic mass is 16.4. The van der Waals surface area contributed by atoms with E-state index < -0.39 is 5.97 Å². The first kappa shape index (κ1) is 12.9. The summed E-state index contributed by atoms with van der Waals surface area (Å²) < 4.78 is 2.94. The quantitative estimate of drug-likeness (QED) is 0.836. The van der Waals surface area contributed by atoms with Crippen LogP contribution in [0.4, 0.5) is 0 Å². The van der Waals surface area contributed by atoms with E-state index in [9.17, 15) is 9.59 Å². The summed E-state index contributed by atoms with van der Waals surface area (Å²) in [6.45, 7) is 1.38. The molecule has 0 bridgehead atoms. The van der Waals surface area contributed by atoms with Gasteiger partial charge < -0.3 is 10.4 Å². The molecule has 2 aromatic heterocycles. The molecule has 0 saturated carbocycles. The van der Waals surface area contributed by atoms with Crippen molar-refractivity contribution in [1.82, 2.24) is 19.4 Å². The van der Waals surface area contributed by atoms with E-state index in [0.717, 1.165) is 25.9 Å². The molecule has 1 fully saturated rings. The number of aromatic nitrogens is 3. The SMILES string of the molecule is O=C(O)Cn1c(=O)n(C2CCNCC2)c2ncccc21. The van der Waals surface area contributed by atoms with Gasteiger partial charge in [0.2, 0.25) is 0 Å². The van der Waals surface area contributed by atoms with E-state index in [2.05, 4.69) is 10.3 Å². The van der Waals surface area contributed by atoms with Crippen molar-refractivity contribution >= 4 is 17.1 Å². The van der Waals surface area contributed by atoms with Crippen molar-refractivity contribution in [3.8, 4) is 0 Å². The van der Waals surface area contributed by atoms with Gasteiger partial charge in [-0.3, -0.25) is 13.9 Å². The largest absolute Gasteiger partial charge is 0.480 e. The van der Waals surface area contributed by atoms with Gasteiger partial charge >= 0.3 is 11.7 Å². The van der Waals surface area contributed by atoms with Crippen LogP contribution in [0.3, 0.4) is 0 Å². The lowest BCUT2D eigenvalue weighted by Crippen LogP contribution is -2.35. The van der Waals surface area contributed by atoms with E-state index >= 15 is 0 Å². The van der Waals surface area contributed by atoms with Gasteiger partial charge in [0.15, 0.2) is 5.65 Å². The fourth-order valence-electron chi connectivity index (χ4n) is 2.79. The van der Waals surface area contributed by atoms with Crippen LogP contribution in [0.5, 0.6) is 0 Å². The molecule has 1 saturated heterocycles. The monoisotopic (exact) mass is 276 g/mol.